The lowest BCUT2D eigenvalue weighted by molar-refractivity contribution is 0.282. The standard InChI is InChI=1S/C24H40O/c1-2-16-23(17-10-5-3-4-8-15-22-25)18-11-6-7-12-19-24-20-13-9-14-21-24/h9,13-14,16,20-21,25H,2-8,10-12,15,17-19,22H2,1H3. The maximum Gasteiger partial charge on any atom is 0.0431 e. The largest absolute Gasteiger partial charge is 0.396 e. The van der Waals surface area contributed by atoms with Crippen molar-refractivity contribution in [3.05, 3.63) is 47.5 Å². The molecule has 0 radical (unpaired) electrons. The number of benzene rings is 1. The SMILES string of the molecule is CCC=C(CCCCCCCCO)CCCCCCc1ccccc1. The lowest BCUT2D eigenvalue weighted by Crippen LogP contribution is -1.89. The van der Waals surface area contributed by atoms with E-state index in [1.807, 2.05) is 0 Å². The third-order valence-corrected chi connectivity index (χ3v) is 4.95. The summed E-state index contributed by atoms with van der Waals surface area (Å²) in [6.45, 7) is 2.61. The fraction of sp³-hybridized carbons (Fsp3) is 0.667. The molecule has 0 aliphatic heterocycles. The van der Waals surface area contributed by atoms with E-state index < -0.39 is 0 Å². The summed E-state index contributed by atoms with van der Waals surface area (Å²) < 4.78 is 0. The van der Waals surface area contributed by atoms with Gasteiger partial charge in [0.25, 0.3) is 0 Å². The Balaban J connectivity index is 2.01. The van der Waals surface area contributed by atoms with Gasteiger partial charge in [-0.15, -0.1) is 0 Å². The highest BCUT2D eigenvalue weighted by Gasteiger charge is 1.99. The highest BCUT2D eigenvalue weighted by Crippen LogP contribution is 2.19. The first-order valence-corrected chi connectivity index (χ1v) is 10.7. The van der Waals surface area contributed by atoms with Gasteiger partial charge in [0.05, 0.1) is 0 Å². The van der Waals surface area contributed by atoms with E-state index in [-0.39, 0.29) is 0 Å². The first-order chi connectivity index (χ1) is 12.4. The molecule has 0 atom stereocenters. The molecular formula is C24H40O. The molecule has 0 saturated heterocycles. The maximum absolute atomic E-state index is 8.79. The van der Waals surface area contributed by atoms with E-state index in [0.29, 0.717) is 6.61 Å². The molecular weight excluding hydrogens is 304 g/mol. The Morgan fingerprint density at radius 1 is 0.760 bits per heavy atom. The lowest BCUT2D eigenvalue weighted by atomic mass is 9.98. The van der Waals surface area contributed by atoms with Crippen LogP contribution in [0.5, 0.6) is 0 Å². The summed E-state index contributed by atoms with van der Waals surface area (Å²) in [6, 6.07) is 10.9. The Kier molecular flexibility index (Phi) is 14.4. The average molecular weight is 345 g/mol. The predicted molar refractivity (Wildman–Crippen MR) is 111 cm³/mol. The highest BCUT2D eigenvalue weighted by atomic mass is 16.2. The van der Waals surface area contributed by atoms with Gasteiger partial charge in [-0.05, 0) is 56.9 Å². The first-order valence-electron chi connectivity index (χ1n) is 10.7. The molecule has 0 unspecified atom stereocenters. The van der Waals surface area contributed by atoms with Crippen LogP contribution in [0.15, 0.2) is 42.0 Å². The van der Waals surface area contributed by atoms with E-state index in [2.05, 4.69) is 43.3 Å². The highest BCUT2D eigenvalue weighted by molar-refractivity contribution is 5.14. The molecule has 0 bridgehead atoms. The second-order valence-electron chi connectivity index (χ2n) is 7.27. The smallest absolute Gasteiger partial charge is 0.0431 e. The molecule has 1 aromatic rings. The van der Waals surface area contributed by atoms with E-state index in [1.165, 1.54) is 89.0 Å². The van der Waals surface area contributed by atoms with E-state index in [9.17, 15) is 0 Å². The second-order valence-corrected chi connectivity index (χ2v) is 7.27. The molecule has 0 saturated carbocycles. The maximum atomic E-state index is 8.79. The number of aliphatic hydroxyl groups excluding tert-OH is 1. The van der Waals surface area contributed by atoms with Crippen molar-refractivity contribution in [1.29, 1.82) is 0 Å². The zero-order valence-corrected chi connectivity index (χ0v) is 16.5. The van der Waals surface area contributed by atoms with Gasteiger partial charge in [-0.2, -0.15) is 0 Å². The van der Waals surface area contributed by atoms with Gasteiger partial charge < -0.3 is 5.11 Å². The third kappa shape index (κ3) is 12.9. The van der Waals surface area contributed by atoms with Crippen molar-refractivity contribution in [3.63, 3.8) is 0 Å². The van der Waals surface area contributed by atoms with Crippen molar-refractivity contribution in [2.75, 3.05) is 6.61 Å². The number of aliphatic hydroxyl groups is 1. The van der Waals surface area contributed by atoms with Crippen LogP contribution >= 0.6 is 0 Å². The fourth-order valence-electron chi connectivity index (χ4n) is 3.47. The van der Waals surface area contributed by atoms with Crippen molar-refractivity contribution in [2.45, 2.75) is 96.8 Å². The molecule has 25 heavy (non-hydrogen) atoms. The average Bonchev–Trinajstić information content (AvgIpc) is 2.64. The molecule has 0 aliphatic carbocycles. The topological polar surface area (TPSA) is 20.2 Å². The number of hydrogen-bond donors (Lipinski definition) is 1. The quantitative estimate of drug-likeness (QED) is 0.247. The monoisotopic (exact) mass is 344 g/mol. The van der Waals surface area contributed by atoms with Crippen LogP contribution in [0.4, 0.5) is 0 Å². The summed E-state index contributed by atoms with van der Waals surface area (Å²) in [7, 11) is 0. The van der Waals surface area contributed by atoms with Gasteiger partial charge in [0.2, 0.25) is 0 Å². The normalized spacial score (nSPS) is 11.8. The Labute approximate surface area is 156 Å². The molecule has 1 nitrogen and oxygen atoms in total. The third-order valence-electron chi connectivity index (χ3n) is 4.95. The van der Waals surface area contributed by atoms with Gasteiger partial charge in [-0.3, -0.25) is 0 Å². The molecule has 0 aliphatic rings. The molecule has 0 spiro atoms. The van der Waals surface area contributed by atoms with Crippen LogP contribution in [0, 0.1) is 0 Å². The van der Waals surface area contributed by atoms with Gasteiger partial charge >= 0.3 is 0 Å². The van der Waals surface area contributed by atoms with E-state index in [0.717, 1.165) is 6.42 Å². The molecule has 1 heteroatoms. The summed E-state index contributed by atoms with van der Waals surface area (Å²) in [6.07, 6.45) is 20.4. The Hall–Kier alpha value is -1.08. The Morgan fingerprint density at radius 2 is 1.32 bits per heavy atom. The zero-order valence-electron chi connectivity index (χ0n) is 16.5. The van der Waals surface area contributed by atoms with Crippen LogP contribution in [-0.4, -0.2) is 11.7 Å². The molecule has 1 N–H and O–H groups in total. The van der Waals surface area contributed by atoms with Crippen LogP contribution in [0.1, 0.15) is 96.0 Å². The van der Waals surface area contributed by atoms with Crippen molar-refractivity contribution in [3.8, 4) is 0 Å². The number of aryl methyl sites for hydroxylation is 1. The summed E-state index contributed by atoms with van der Waals surface area (Å²) in [5, 5.41) is 8.79. The fourth-order valence-corrected chi connectivity index (χ4v) is 3.47. The minimum absolute atomic E-state index is 0.356. The van der Waals surface area contributed by atoms with Crippen molar-refractivity contribution in [1.82, 2.24) is 0 Å². The van der Waals surface area contributed by atoms with Crippen molar-refractivity contribution in [2.24, 2.45) is 0 Å². The van der Waals surface area contributed by atoms with Gasteiger partial charge in [-0.1, -0.05) is 87.4 Å². The molecule has 0 aromatic heterocycles. The summed E-state index contributed by atoms with van der Waals surface area (Å²) in [5.74, 6) is 0. The van der Waals surface area contributed by atoms with Crippen LogP contribution in [-0.2, 0) is 6.42 Å². The Morgan fingerprint density at radius 3 is 1.92 bits per heavy atom. The van der Waals surface area contributed by atoms with Crippen LogP contribution in [0.3, 0.4) is 0 Å². The zero-order chi connectivity index (χ0) is 18.0. The summed E-state index contributed by atoms with van der Waals surface area (Å²) in [5.41, 5.74) is 3.17. The van der Waals surface area contributed by atoms with Gasteiger partial charge in [0.15, 0.2) is 0 Å². The number of hydrogen-bond acceptors (Lipinski definition) is 1. The number of allylic oxidation sites excluding steroid dienone is 2. The molecule has 1 aromatic carbocycles. The van der Waals surface area contributed by atoms with E-state index >= 15 is 0 Å². The van der Waals surface area contributed by atoms with Gasteiger partial charge in [0, 0.05) is 6.61 Å². The predicted octanol–water partition coefficient (Wildman–Crippen LogP) is 7.24. The Bertz CT molecular complexity index is 421. The molecule has 1 rings (SSSR count). The number of unbranched alkanes of at least 4 members (excludes halogenated alkanes) is 8. The van der Waals surface area contributed by atoms with Crippen molar-refractivity contribution >= 4 is 0 Å². The van der Waals surface area contributed by atoms with E-state index in [4.69, 9.17) is 5.11 Å². The molecule has 0 fully saturated rings. The van der Waals surface area contributed by atoms with Crippen molar-refractivity contribution < 1.29 is 5.11 Å². The molecule has 0 amide bonds. The first kappa shape index (κ1) is 22.0. The summed E-state index contributed by atoms with van der Waals surface area (Å²) >= 11 is 0. The van der Waals surface area contributed by atoms with Gasteiger partial charge in [-0.25, -0.2) is 0 Å². The van der Waals surface area contributed by atoms with Crippen LogP contribution in [0.2, 0.25) is 0 Å². The van der Waals surface area contributed by atoms with Crippen LogP contribution in [0.25, 0.3) is 0 Å². The lowest BCUT2D eigenvalue weighted by Gasteiger charge is -2.08. The molecule has 0 heterocycles. The van der Waals surface area contributed by atoms with E-state index in [1.54, 1.807) is 5.57 Å². The minimum Gasteiger partial charge on any atom is -0.396 e. The van der Waals surface area contributed by atoms with Crippen LogP contribution < -0.4 is 0 Å². The van der Waals surface area contributed by atoms with Gasteiger partial charge in [0.1, 0.15) is 0 Å². The number of rotatable bonds is 16. The summed E-state index contributed by atoms with van der Waals surface area (Å²) in [4.78, 5) is 0. The molecule has 142 valence electrons. The minimum atomic E-state index is 0.356. The second kappa shape index (κ2) is 16.4.